The number of piperidine rings is 1. The number of esters is 1. The molecule has 15 heteroatoms. The van der Waals surface area contributed by atoms with E-state index in [1.165, 1.54) is 12.0 Å². The van der Waals surface area contributed by atoms with Crippen LogP contribution >= 0.6 is 0 Å². The molecule has 1 aliphatic carbocycles. The second-order valence-corrected chi connectivity index (χ2v) is 20.7. The van der Waals surface area contributed by atoms with Crippen LogP contribution < -0.4 is 0 Å². The number of ether oxygens (including phenoxy) is 6. The molecule has 15 nitrogen and oxygen atoms in total. The van der Waals surface area contributed by atoms with Gasteiger partial charge in [-0.05, 0) is 126 Å². The van der Waals surface area contributed by atoms with Gasteiger partial charge in [-0.15, -0.1) is 0 Å². The molecule has 15 atom stereocenters. The Labute approximate surface area is 412 Å². The number of cyclic esters (lactones) is 1. The van der Waals surface area contributed by atoms with E-state index in [-0.39, 0.29) is 81.4 Å². The topological polar surface area (TPSA) is 208 Å². The minimum atomic E-state index is -2.44. The zero-order chi connectivity index (χ0) is 50.8. The number of carbonyl (C=O) groups is 4. The molecule has 1 saturated carbocycles. The third kappa shape index (κ3) is 17.0. The van der Waals surface area contributed by atoms with Gasteiger partial charge >= 0.3 is 5.97 Å². The van der Waals surface area contributed by atoms with Gasteiger partial charge in [0.25, 0.3) is 11.7 Å². The SMILES string of the molecule is CO[C@@H]1C[C@H](C[C@@H](C)[C@@H]2CC[C@H](C)/C=C(\C)[C@@H](O)[C@@H](OC)C(=O)[C@H](C)C[C@H](C)/C=C/C=C/C=C(\C)C(OCCOCCO)C[C@@H]3CC[C@@H](C)[C@@](O)(O3)C(=O)C(=O)N3CCCC[C@H]3C(=O)O2)CC[C@H]1O. The summed E-state index contributed by atoms with van der Waals surface area (Å²) in [6.07, 6.45) is 13.8. The van der Waals surface area contributed by atoms with E-state index in [0.29, 0.717) is 69.8 Å². The molecular formula is C54H87NO14. The maximum Gasteiger partial charge on any atom is 0.329 e. The van der Waals surface area contributed by atoms with Gasteiger partial charge in [-0.2, -0.15) is 0 Å². The van der Waals surface area contributed by atoms with Crippen LogP contribution in [0.3, 0.4) is 0 Å². The van der Waals surface area contributed by atoms with E-state index in [0.717, 1.165) is 12.0 Å². The van der Waals surface area contributed by atoms with Gasteiger partial charge in [0.15, 0.2) is 5.78 Å². The summed E-state index contributed by atoms with van der Waals surface area (Å²) < 4.78 is 35.6. The number of aliphatic hydroxyl groups is 4. The quantitative estimate of drug-likeness (QED) is 0.0768. The average Bonchev–Trinajstić information content (AvgIpc) is 3.32. The number of hydrogen-bond acceptors (Lipinski definition) is 14. The molecule has 0 aromatic carbocycles. The van der Waals surface area contributed by atoms with E-state index < -0.39 is 77.9 Å². The number of allylic oxidation sites excluding steroid dienone is 6. The molecule has 1 unspecified atom stereocenters. The Balaban J connectivity index is 1.69. The first-order chi connectivity index (χ1) is 32.8. The number of hydrogen-bond donors (Lipinski definition) is 4. The Hall–Kier alpha value is -3.12. The van der Waals surface area contributed by atoms with Crippen LogP contribution in [0, 0.1) is 35.5 Å². The fraction of sp³-hybridized carbons (Fsp3) is 0.778. The zero-order valence-corrected chi connectivity index (χ0v) is 43.1. The van der Waals surface area contributed by atoms with Crippen molar-refractivity contribution in [3.8, 4) is 0 Å². The lowest BCUT2D eigenvalue weighted by molar-refractivity contribution is -0.266. The Morgan fingerprint density at radius 1 is 0.826 bits per heavy atom. The van der Waals surface area contributed by atoms with E-state index in [9.17, 15) is 39.6 Å². The Morgan fingerprint density at radius 2 is 1.58 bits per heavy atom. The Morgan fingerprint density at radius 3 is 2.29 bits per heavy atom. The number of nitrogens with zero attached hydrogens (tertiary/aromatic N) is 1. The predicted molar refractivity (Wildman–Crippen MR) is 262 cm³/mol. The molecule has 0 spiro atoms. The summed E-state index contributed by atoms with van der Waals surface area (Å²) >= 11 is 0. The highest BCUT2D eigenvalue weighted by Gasteiger charge is 2.53. The lowest BCUT2D eigenvalue weighted by Crippen LogP contribution is -2.61. The standard InChI is InChI=1S/C54H87NO14/c1-34-15-11-10-12-16-36(3)46(67-28-27-66-26-25-56)33-42-21-19-40(7)54(63,69-42)51(60)52(61)55-24-14-13-17-43(55)53(62)68-45(37(4)31-41-20-22-44(57)47(32-41)64-8)23-18-35(2)30-39(6)49(59)50(65-9)48(58)38(5)29-34/h10-12,15-16,30,34-35,37-38,40-47,49-50,56-57,59,63H,13-14,17-29,31-33H2,1-9H3/b12-10+,15-11+,36-16+,39-30+/t34-,35+,37-,38-,40-,41+,42+,43+,44-,45+,46?,47-,49-,50+,54-/m1/s1. The van der Waals surface area contributed by atoms with Crippen molar-refractivity contribution in [3.63, 3.8) is 0 Å². The lowest BCUT2D eigenvalue weighted by atomic mass is 9.78. The fourth-order valence-corrected chi connectivity index (χ4v) is 10.6. The molecule has 3 heterocycles. The van der Waals surface area contributed by atoms with Crippen LogP contribution in [0.2, 0.25) is 0 Å². The van der Waals surface area contributed by atoms with Gasteiger partial charge in [0.1, 0.15) is 24.4 Å². The van der Waals surface area contributed by atoms with Crippen molar-refractivity contribution in [3.05, 3.63) is 47.6 Å². The van der Waals surface area contributed by atoms with Gasteiger partial charge < -0.3 is 53.7 Å². The van der Waals surface area contributed by atoms with Crippen molar-refractivity contribution in [2.45, 2.75) is 186 Å². The minimum absolute atomic E-state index is 0.0338. The van der Waals surface area contributed by atoms with Crippen molar-refractivity contribution in [1.29, 1.82) is 0 Å². The van der Waals surface area contributed by atoms with Crippen LogP contribution in [0.5, 0.6) is 0 Å². The third-order valence-electron chi connectivity index (χ3n) is 15.0. The third-order valence-corrected chi connectivity index (χ3v) is 15.0. The van der Waals surface area contributed by atoms with Crippen LogP contribution in [-0.2, 0) is 47.6 Å². The Kier molecular flexibility index (Phi) is 24.4. The minimum Gasteiger partial charge on any atom is -0.461 e. The van der Waals surface area contributed by atoms with Gasteiger partial charge in [0.05, 0.1) is 50.8 Å². The van der Waals surface area contributed by atoms with Crippen molar-refractivity contribution in [2.24, 2.45) is 35.5 Å². The molecule has 4 rings (SSSR count). The highest BCUT2D eigenvalue weighted by molar-refractivity contribution is 6.39. The maximum absolute atomic E-state index is 14.5. The molecule has 0 radical (unpaired) electrons. The number of fused-ring (bicyclic) bond motifs is 3. The highest BCUT2D eigenvalue weighted by atomic mass is 16.6. The predicted octanol–water partition coefficient (Wildman–Crippen LogP) is 6.38. The second-order valence-electron chi connectivity index (χ2n) is 20.7. The molecule has 3 fully saturated rings. The van der Waals surface area contributed by atoms with Gasteiger partial charge in [-0.1, -0.05) is 71.1 Å². The van der Waals surface area contributed by atoms with Crippen molar-refractivity contribution in [1.82, 2.24) is 4.90 Å². The summed E-state index contributed by atoms with van der Waals surface area (Å²) in [5.41, 5.74) is 1.44. The molecule has 2 saturated heterocycles. The number of ketones is 2. The first kappa shape index (κ1) is 58.5. The maximum atomic E-state index is 14.5. The summed E-state index contributed by atoms with van der Waals surface area (Å²) in [5.74, 6) is -6.39. The van der Waals surface area contributed by atoms with Gasteiger partial charge in [0.2, 0.25) is 5.79 Å². The number of methoxy groups -OCH3 is 2. The molecule has 392 valence electrons. The number of aliphatic hydroxyl groups excluding tert-OH is 3. The van der Waals surface area contributed by atoms with Crippen molar-refractivity contribution >= 4 is 23.4 Å². The molecule has 3 aliphatic heterocycles. The molecule has 4 N–H and O–H groups in total. The number of carbonyl (C=O) groups excluding carboxylic acids is 4. The van der Waals surface area contributed by atoms with Gasteiger partial charge in [-0.25, -0.2) is 4.79 Å². The average molecular weight is 974 g/mol. The lowest BCUT2D eigenvalue weighted by Gasteiger charge is -2.43. The first-order valence-electron chi connectivity index (χ1n) is 25.8. The van der Waals surface area contributed by atoms with E-state index in [2.05, 4.69) is 0 Å². The van der Waals surface area contributed by atoms with Gasteiger partial charge in [0, 0.05) is 39.0 Å². The number of rotatable bonds is 11. The first-order valence-corrected chi connectivity index (χ1v) is 25.8. The molecule has 2 bridgehead atoms. The van der Waals surface area contributed by atoms with Crippen LogP contribution in [0.1, 0.15) is 132 Å². The van der Waals surface area contributed by atoms with E-state index >= 15 is 0 Å². The second kappa shape index (κ2) is 28.8. The zero-order valence-electron chi connectivity index (χ0n) is 43.1. The Bertz CT molecular complexity index is 1760. The van der Waals surface area contributed by atoms with E-state index in [1.54, 1.807) is 21.0 Å². The van der Waals surface area contributed by atoms with Crippen LogP contribution in [0.15, 0.2) is 47.6 Å². The summed E-state index contributed by atoms with van der Waals surface area (Å²) in [5, 5.41) is 43.3. The monoisotopic (exact) mass is 974 g/mol. The molecule has 0 aromatic heterocycles. The number of amides is 1. The normalized spacial score (nSPS) is 38.7. The molecular weight excluding hydrogens is 887 g/mol. The summed E-state index contributed by atoms with van der Waals surface area (Å²) in [6.45, 7) is 14.0. The fourth-order valence-electron chi connectivity index (χ4n) is 10.6. The molecule has 1 amide bonds. The highest BCUT2D eigenvalue weighted by Crippen LogP contribution is 2.38. The summed E-state index contributed by atoms with van der Waals surface area (Å²) in [6, 6.07) is -1.05. The van der Waals surface area contributed by atoms with Crippen LogP contribution in [0.25, 0.3) is 0 Å². The number of Topliss-reactive ketones (excluding diaryl/α,β-unsaturated/α-hetero) is 2. The van der Waals surface area contributed by atoms with Crippen molar-refractivity contribution in [2.75, 3.05) is 47.2 Å². The van der Waals surface area contributed by atoms with Crippen LogP contribution in [0.4, 0.5) is 0 Å². The van der Waals surface area contributed by atoms with Gasteiger partial charge in [-0.3, -0.25) is 14.4 Å². The van der Waals surface area contributed by atoms with Crippen molar-refractivity contribution < 1.29 is 68.0 Å². The summed E-state index contributed by atoms with van der Waals surface area (Å²) in [7, 11) is 3.04. The van der Waals surface area contributed by atoms with E-state index in [1.807, 2.05) is 71.1 Å². The van der Waals surface area contributed by atoms with E-state index in [4.69, 9.17) is 28.4 Å². The summed E-state index contributed by atoms with van der Waals surface area (Å²) in [4.78, 5) is 58.2. The molecule has 4 aliphatic rings. The molecule has 69 heavy (non-hydrogen) atoms. The molecule has 0 aromatic rings. The van der Waals surface area contributed by atoms with Crippen LogP contribution in [-0.4, -0.2) is 151 Å². The smallest absolute Gasteiger partial charge is 0.329 e. The largest absolute Gasteiger partial charge is 0.461 e.